The molecule has 1 aliphatic carbocycles. The Balaban J connectivity index is 0.00000182. The molecule has 0 spiro atoms. The van der Waals surface area contributed by atoms with E-state index in [9.17, 15) is 9.18 Å². The average Bonchev–Trinajstić information content (AvgIpc) is 2.63. The van der Waals surface area contributed by atoms with Crippen LogP contribution in [-0.4, -0.2) is 12.5 Å². The van der Waals surface area contributed by atoms with Gasteiger partial charge in [0.15, 0.2) is 0 Å². The van der Waals surface area contributed by atoms with Crippen LogP contribution in [0.1, 0.15) is 41.0 Å². The molecule has 0 saturated carbocycles. The number of rotatable bonds is 2. The number of benzene rings is 2. The summed E-state index contributed by atoms with van der Waals surface area (Å²) in [5.41, 5.74) is 4.35. The topological polar surface area (TPSA) is 41.1 Å². The third kappa shape index (κ3) is 3.42. The lowest BCUT2D eigenvalue weighted by molar-refractivity contribution is -0.117. The minimum Gasteiger partial charge on any atom is -0.323 e. The first kappa shape index (κ1) is 17.9. The number of fused-ring (bicyclic) bond motifs is 2. The third-order valence-electron chi connectivity index (χ3n) is 5.15. The standard InChI is InChI=1S/C20H21FN2O.ClH/c21-19-16-10-11-22-12-14(16)8-9-18(19)23-20(24)17-7-3-5-13-4-1-2-6-15(13)17;/h1-2,4,6,8-9,17,22H,3,5,7,10-12H2,(H,23,24);1H. The molecular formula is C20H22ClFN2O. The maximum atomic E-state index is 14.7. The fraction of sp³-hybridized carbons (Fsp3) is 0.350. The predicted molar refractivity (Wildman–Crippen MR) is 99.8 cm³/mol. The lowest BCUT2D eigenvalue weighted by Crippen LogP contribution is -2.27. The van der Waals surface area contributed by atoms with E-state index in [-0.39, 0.29) is 30.0 Å². The lowest BCUT2D eigenvalue weighted by atomic mass is 9.82. The van der Waals surface area contributed by atoms with E-state index in [1.54, 1.807) is 6.07 Å². The molecule has 1 amide bonds. The first-order valence-electron chi connectivity index (χ1n) is 8.63. The molecule has 1 unspecified atom stereocenters. The van der Waals surface area contributed by atoms with Crippen molar-refractivity contribution < 1.29 is 9.18 Å². The van der Waals surface area contributed by atoms with Crippen LogP contribution in [0.25, 0.3) is 0 Å². The van der Waals surface area contributed by atoms with Gasteiger partial charge < -0.3 is 10.6 Å². The second-order valence-electron chi connectivity index (χ2n) is 6.62. The first-order valence-corrected chi connectivity index (χ1v) is 8.63. The summed E-state index contributed by atoms with van der Waals surface area (Å²) in [6, 6.07) is 11.7. The van der Waals surface area contributed by atoms with E-state index in [1.807, 2.05) is 24.3 Å². The van der Waals surface area contributed by atoms with Crippen molar-refractivity contribution >= 4 is 24.0 Å². The zero-order chi connectivity index (χ0) is 16.5. The van der Waals surface area contributed by atoms with Gasteiger partial charge in [0.25, 0.3) is 0 Å². The van der Waals surface area contributed by atoms with Gasteiger partial charge in [-0.1, -0.05) is 30.3 Å². The van der Waals surface area contributed by atoms with E-state index in [4.69, 9.17) is 0 Å². The van der Waals surface area contributed by atoms with Gasteiger partial charge in [-0.05, 0) is 60.5 Å². The summed E-state index contributed by atoms with van der Waals surface area (Å²) >= 11 is 0. The molecule has 2 N–H and O–H groups in total. The van der Waals surface area contributed by atoms with Gasteiger partial charge in [-0.15, -0.1) is 12.4 Å². The van der Waals surface area contributed by atoms with Gasteiger partial charge in [0.05, 0.1) is 11.6 Å². The minimum atomic E-state index is -0.272. The van der Waals surface area contributed by atoms with E-state index in [1.165, 1.54) is 5.56 Å². The van der Waals surface area contributed by atoms with Crippen LogP contribution in [-0.2, 0) is 24.2 Å². The Morgan fingerprint density at radius 2 is 1.96 bits per heavy atom. The fourth-order valence-electron chi connectivity index (χ4n) is 3.88. The minimum absolute atomic E-state index is 0. The number of aryl methyl sites for hydroxylation is 1. The molecule has 0 fully saturated rings. The van der Waals surface area contributed by atoms with Gasteiger partial charge >= 0.3 is 0 Å². The lowest BCUT2D eigenvalue weighted by Gasteiger charge is -2.25. The van der Waals surface area contributed by atoms with E-state index < -0.39 is 0 Å². The van der Waals surface area contributed by atoms with Crippen molar-refractivity contribution in [1.82, 2.24) is 5.32 Å². The predicted octanol–water partition coefficient (Wildman–Crippen LogP) is 3.95. The van der Waals surface area contributed by atoms with Crippen molar-refractivity contribution in [3.63, 3.8) is 0 Å². The van der Waals surface area contributed by atoms with Gasteiger partial charge in [0.1, 0.15) is 5.82 Å². The highest BCUT2D eigenvalue weighted by Crippen LogP contribution is 2.33. The highest BCUT2D eigenvalue weighted by atomic mass is 35.5. The van der Waals surface area contributed by atoms with Gasteiger partial charge in [0, 0.05) is 6.54 Å². The van der Waals surface area contributed by atoms with E-state index >= 15 is 0 Å². The summed E-state index contributed by atoms with van der Waals surface area (Å²) in [6.45, 7) is 1.47. The number of carbonyl (C=O) groups is 1. The SMILES string of the molecule is Cl.O=C(Nc1ccc2c(c1F)CCNC2)C1CCCc2ccccc21. The Bertz CT molecular complexity index is 793. The zero-order valence-corrected chi connectivity index (χ0v) is 14.8. The number of hydrogen-bond acceptors (Lipinski definition) is 2. The highest BCUT2D eigenvalue weighted by Gasteiger charge is 2.27. The number of amides is 1. The average molecular weight is 361 g/mol. The molecule has 4 rings (SSSR count). The van der Waals surface area contributed by atoms with Crippen LogP contribution in [0.4, 0.5) is 10.1 Å². The molecule has 1 atom stereocenters. The van der Waals surface area contributed by atoms with Crippen molar-refractivity contribution in [2.75, 3.05) is 11.9 Å². The van der Waals surface area contributed by atoms with Crippen LogP contribution >= 0.6 is 12.4 Å². The molecule has 2 aliphatic rings. The number of carbonyl (C=O) groups excluding carboxylic acids is 1. The molecule has 2 aromatic rings. The third-order valence-corrected chi connectivity index (χ3v) is 5.15. The Morgan fingerprint density at radius 1 is 1.12 bits per heavy atom. The van der Waals surface area contributed by atoms with Crippen LogP contribution in [0.15, 0.2) is 36.4 Å². The van der Waals surface area contributed by atoms with E-state index in [0.717, 1.165) is 42.5 Å². The molecular weight excluding hydrogens is 339 g/mol. The molecule has 1 heterocycles. The Hall–Kier alpha value is -1.91. The van der Waals surface area contributed by atoms with Crippen LogP contribution in [0.3, 0.4) is 0 Å². The van der Waals surface area contributed by atoms with E-state index in [2.05, 4.69) is 16.7 Å². The zero-order valence-electron chi connectivity index (χ0n) is 14.0. The van der Waals surface area contributed by atoms with Crippen molar-refractivity contribution in [3.8, 4) is 0 Å². The Labute approximate surface area is 153 Å². The summed E-state index contributed by atoms with van der Waals surface area (Å²) < 4.78 is 14.7. The number of anilines is 1. The maximum Gasteiger partial charge on any atom is 0.232 e. The van der Waals surface area contributed by atoms with Gasteiger partial charge in [-0.3, -0.25) is 4.79 Å². The summed E-state index contributed by atoms with van der Waals surface area (Å²) in [4.78, 5) is 12.8. The number of hydrogen-bond donors (Lipinski definition) is 2. The molecule has 2 aromatic carbocycles. The van der Waals surface area contributed by atoms with Crippen LogP contribution < -0.4 is 10.6 Å². The molecule has 25 heavy (non-hydrogen) atoms. The first-order chi connectivity index (χ1) is 11.7. The summed E-state index contributed by atoms with van der Waals surface area (Å²) in [6.07, 6.45) is 3.49. The molecule has 0 radical (unpaired) electrons. The maximum absolute atomic E-state index is 14.7. The number of nitrogens with one attached hydrogen (secondary N) is 2. The molecule has 5 heteroatoms. The number of halogens is 2. The molecule has 132 valence electrons. The second-order valence-corrected chi connectivity index (χ2v) is 6.62. The second kappa shape index (κ2) is 7.54. The van der Waals surface area contributed by atoms with Crippen molar-refractivity contribution in [1.29, 1.82) is 0 Å². The van der Waals surface area contributed by atoms with Gasteiger partial charge in [0.2, 0.25) is 5.91 Å². The monoisotopic (exact) mass is 360 g/mol. The normalized spacial score (nSPS) is 18.5. The van der Waals surface area contributed by atoms with Crippen LogP contribution in [0.2, 0.25) is 0 Å². The Kier molecular flexibility index (Phi) is 5.40. The summed E-state index contributed by atoms with van der Waals surface area (Å²) in [7, 11) is 0. The molecule has 1 aliphatic heterocycles. The van der Waals surface area contributed by atoms with Crippen molar-refractivity contribution in [3.05, 3.63) is 64.5 Å². The van der Waals surface area contributed by atoms with Gasteiger partial charge in [-0.25, -0.2) is 4.39 Å². The molecule has 0 bridgehead atoms. The largest absolute Gasteiger partial charge is 0.323 e. The quantitative estimate of drug-likeness (QED) is 0.851. The summed E-state index contributed by atoms with van der Waals surface area (Å²) in [5.74, 6) is -0.562. The molecule has 0 aromatic heterocycles. The molecule has 0 saturated heterocycles. The highest BCUT2D eigenvalue weighted by molar-refractivity contribution is 5.96. The van der Waals surface area contributed by atoms with Gasteiger partial charge in [-0.2, -0.15) is 0 Å². The molecule has 3 nitrogen and oxygen atoms in total. The smallest absolute Gasteiger partial charge is 0.232 e. The van der Waals surface area contributed by atoms with Crippen LogP contribution in [0, 0.1) is 5.82 Å². The van der Waals surface area contributed by atoms with Crippen molar-refractivity contribution in [2.24, 2.45) is 0 Å². The Morgan fingerprint density at radius 3 is 2.84 bits per heavy atom. The van der Waals surface area contributed by atoms with Crippen molar-refractivity contribution in [2.45, 2.75) is 38.1 Å². The van der Waals surface area contributed by atoms with E-state index in [0.29, 0.717) is 18.7 Å². The van der Waals surface area contributed by atoms with Crippen LogP contribution in [0.5, 0.6) is 0 Å². The summed E-state index contributed by atoms with van der Waals surface area (Å²) in [5, 5.41) is 6.07. The fourth-order valence-corrected chi connectivity index (χ4v) is 3.88.